The fourth-order valence-corrected chi connectivity index (χ4v) is 1.97. The monoisotopic (exact) mass is 275 g/mol. The molecule has 4 amide bonds. The molecular formula is C14H17N3O3. The summed E-state index contributed by atoms with van der Waals surface area (Å²) in [6, 6.07) is 5.72. The van der Waals surface area contributed by atoms with E-state index < -0.39 is 12.1 Å². The SMILES string of the molecule is CCCCC(=O)Nc1ccc(C2NC(=O)NC2=O)cc1. The zero-order valence-corrected chi connectivity index (χ0v) is 11.2. The molecule has 106 valence electrons. The normalized spacial score (nSPS) is 17.6. The summed E-state index contributed by atoms with van der Waals surface area (Å²) in [4.78, 5) is 34.1. The highest BCUT2D eigenvalue weighted by atomic mass is 16.2. The lowest BCUT2D eigenvalue weighted by molar-refractivity contribution is -0.120. The standard InChI is InChI=1S/C14H17N3O3/c1-2-3-4-11(18)15-10-7-5-9(6-8-10)12-13(19)17-14(20)16-12/h5-8,12H,2-4H2,1H3,(H,15,18)(H2,16,17,19,20). The number of imide groups is 1. The molecule has 1 aliphatic rings. The second-order valence-corrected chi connectivity index (χ2v) is 4.67. The van der Waals surface area contributed by atoms with Crippen molar-refractivity contribution in [2.75, 3.05) is 5.32 Å². The van der Waals surface area contributed by atoms with E-state index >= 15 is 0 Å². The molecule has 20 heavy (non-hydrogen) atoms. The number of carbonyl (C=O) groups excluding carboxylic acids is 3. The summed E-state index contributed by atoms with van der Waals surface area (Å²) in [5, 5.41) is 7.49. The van der Waals surface area contributed by atoms with Crippen LogP contribution in [0.2, 0.25) is 0 Å². The van der Waals surface area contributed by atoms with Crippen molar-refractivity contribution in [3.63, 3.8) is 0 Å². The Morgan fingerprint density at radius 1 is 1.25 bits per heavy atom. The molecule has 1 atom stereocenters. The zero-order valence-electron chi connectivity index (χ0n) is 11.2. The lowest BCUT2D eigenvalue weighted by Gasteiger charge is -2.09. The van der Waals surface area contributed by atoms with Gasteiger partial charge < -0.3 is 10.6 Å². The highest BCUT2D eigenvalue weighted by molar-refractivity contribution is 6.04. The topological polar surface area (TPSA) is 87.3 Å². The molecule has 1 unspecified atom stereocenters. The highest BCUT2D eigenvalue weighted by Crippen LogP contribution is 2.19. The first kappa shape index (κ1) is 14.0. The van der Waals surface area contributed by atoms with Gasteiger partial charge in [0.25, 0.3) is 5.91 Å². The van der Waals surface area contributed by atoms with Gasteiger partial charge in [0.2, 0.25) is 5.91 Å². The maximum atomic E-state index is 11.6. The highest BCUT2D eigenvalue weighted by Gasteiger charge is 2.30. The van der Waals surface area contributed by atoms with Crippen molar-refractivity contribution in [2.24, 2.45) is 0 Å². The number of amides is 4. The maximum Gasteiger partial charge on any atom is 0.322 e. The van der Waals surface area contributed by atoms with E-state index in [0.717, 1.165) is 12.8 Å². The van der Waals surface area contributed by atoms with E-state index in [-0.39, 0.29) is 11.8 Å². The van der Waals surface area contributed by atoms with Crippen molar-refractivity contribution in [2.45, 2.75) is 32.2 Å². The molecule has 6 nitrogen and oxygen atoms in total. The molecule has 1 fully saturated rings. The van der Waals surface area contributed by atoms with Gasteiger partial charge in [-0.05, 0) is 24.1 Å². The Kier molecular flexibility index (Phi) is 4.34. The van der Waals surface area contributed by atoms with Crippen LogP contribution in [0, 0.1) is 0 Å². The van der Waals surface area contributed by atoms with Crippen molar-refractivity contribution in [3.05, 3.63) is 29.8 Å². The molecule has 0 radical (unpaired) electrons. The van der Waals surface area contributed by atoms with Crippen molar-refractivity contribution in [1.82, 2.24) is 10.6 Å². The van der Waals surface area contributed by atoms with Gasteiger partial charge in [-0.25, -0.2) is 4.79 Å². The molecule has 2 rings (SSSR count). The Bertz CT molecular complexity index is 525. The molecule has 1 saturated heterocycles. The van der Waals surface area contributed by atoms with Gasteiger partial charge in [-0.2, -0.15) is 0 Å². The summed E-state index contributed by atoms with van der Waals surface area (Å²) >= 11 is 0. The number of unbranched alkanes of at least 4 members (excludes halogenated alkanes) is 1. The average Bonchev–Trinajstić information content (AvgIpc) is 2.76. The van der Waals surface area contributed by atoms with E-state index in [4.69, 9.17) is 0 Å². The quantitative estimate of drug-likeness (QED) is 0.715. The summed E-state index contributed by atoms with van der Waals surface area (Å²) in [5.41, 5.74) is 1.36. The Labute approximate surface area is 116 Å². The third-order valence-corrected chi connectivity index (χ3v) is 3.06. The molecule has 0 aliphatic carbocycles. The Hall–Kier alpha value is -2.37. The molecule has 3 N–H and O–H groups in total. The van der Waals surface area contributed by atoms with Gasteiger partial charge in [-0.1, -0.05) is 25.5 Å². The molecule has 0 saturated carbocycles. The fourth-order valence-electron chi connectivity index (χ4n) is 1.97. The summed E-state index contributed by atoms with van der Waals surface area (Å²) in [6.45, 7) is 2.03. The molecule has 0 spiro atoms. The number of hydrogen-bond donors (Lipinski definition) is 3. The third kappa shape index (κ3) is 3.34. The number of rotatable bonds is 5. The van der Waals surface area contributed by atoms with Crippen molar-refractivity contribution in [1.29, 1.82) is 0 Å². The van der Waals surface area contributed by atoms with Gasteiger partial charge in [0.05, 0.1) is 0 Å². The van der Waals surface area contributed by atoms with Crippen LogP contribution in [-0.2, 0) is 9.59 Å². The average molecular weight is 275 g/mol. The predicted octanol–water partition coefficient (Wildman–Crippen LogP) is 1.70. The zero-order chi connectivity index (χ0) is 14.5. The Balaban J connectivity index is 1.98. The van der Waals surface area contributed by atoms with E-state index in [0.29, 0.717) is 17.7 Å². The van der Waals surface area contributed by atoms with Crippen LogP contribution < -0.4 is 16.0 Å². The van der Waals surface area contributed by atoms with Gasteiger partial charge in [0, 0.05) is 12.1 Å². The second kappa shape index (κ2) is 6.18. The van der Waals surface area contributed by atoms with Crippen LogP contribution in [0.25, 0.3) is 0 Å². The minimum absolute atomic E-state index is 0.0217. The summed E-state index contributed by atoms with van der Waals surface area (Å²) in [5.74, 6) is -0.388. The Morgan fingerprint density at radius 2 is 1.95 bits per heavy atom. The Morgan fingerprint density at radius 3 is 2.50 bits per heavy atom. The van der Waals surface area contributed by atoms with E-state index in [9.17, 15) is 14.4 Å². The number of nitrogens with one attached hydrogen (secondary N) is 3. The number of anilines is 1. The van der Waals surface area contributed by atoms with E-state index in [1.54, 1.807) is 24.3 Å². The predicted molar refractivity (Wildman–Crippen MR) is 74.0 cm³/mol. The fraction of sp³-hybridized carbons (Fsp3) is 0.357. The second-order valence-electron chi connectivity index (χ2n) is 4.67. The minimum atomic E-state index is -0.660. The molecule has 1 aliphatic heterocycles. The number of benzene rings is 1. The summed E-state index contributed by atoms with van der Waals surface area (Å²) in [7, 11) is 0. The van der Waals surface area contributed by atoms with Gasteiger partial charge in [-0.15, -0.1) is 0 Å². The van der Waals surface area contributed by atoms with Crippen LogP contribution >= 0.6 is 0 Å². The van der Waals surface area contributed by atoms with Crippen LogP contribution in [0.4, 0.5) is 10.5 Å². The number of hydrogen-bond acceptors (Lipinski definition) is 3. The van der Waals surface area contributed by atoms with Gasteiger partial charge >= 0.3 is 6.03 Å². The lowest BCUT2D eigenvalue weighted by atomic mass is 10.1. The van der Waals surface area contributed by atoms with Crippen LogP contribution in [0.1, 0.15) is 37.8 Å². The summed E-state index contributed by atoms with van der Waals surface area (Å²) in [6.07, 6.45) is 2.33. The number of urea groups is 1. The molecule has 0 bridgehead atoms. The number of carbonyl (C=O) groups is 3. The largest absolute Gasteiger partial charge is 0.326 e. The first-order chi connectivity index (χ1) is 9.60. The van der Waals surface area contributed by atoms with Crippen LogP contribution in [-0.4, -0.2) is 17.8 Å². The van der Waals surface area contributed by atoms with Gasteiger partial charge in [-0.3, -0.25) is 14.9 Å². The van der Waals surface area contributed by atoms with Gasteiger partial charge in [0.1, 0.15) is 6.04 Å². The smallest absolute Gasteiger partial charge is 0.322 e. The molecule has 1 heterocycles. The first-order valence-electron chi connectivity index (χ1n) is 6.61. The molecule has 1 aromatic rings. The van der Waals surface area contributed by atoms with E-state index in [1.165, 1.54) is 0 Å². The minimum Gasteiger partial charge on any atom is -0.326 e. The van der Waals surface area contributed by atoms with Crippen LogP contribution in [0.3, 0.4) is 0 Å². The molecule has 0 aromatic heterocycles. The first-order valence-corrected chi connectivity index (χ1v) is 6.61. The van der Waals surface area contributed by atoms with Crippen molar-refractivity contribution >= 4 is 23.5 Å². The molecular weight excluding hydrogens is 258 g/mol. The van der Waals surface area contributed by atoms with Gasteiger partial charge in [0.15, 0.2) is 0 Å². The van der Waals surface area contributed by atoms with Crippen molar-refractivity contribution in [3.8, 4) is 0 Å². The third-order valence-electron chi connectivity index (χ3n) is 3.06. The van der Waals surface area contributed by atoms with E-state index in [2.05, 4.69) is 16.0 Å². The maximum absolute atomic E-state index is 11.6. The van der Waals surface area contributed by atoms with Crippen LogP contribution in [0.5, 0.6) is 0 Å². The van der Waals surface area contributed by atoms with E-state index in [1.807, 2.05) is 6.92 Å². The molecule has 6 heteroatoms. The van der Waals surface area contributed by atoms with Crippen molar-refractivity contribution < 1.29 is 14.4 Å². The lowest BCUT2D eigenvalue weighted by Crippen LogP contribution is -2.22. The van der Waals surface area contributed by atoms with Crippen LogP contribution in [0.15, 0.2) is 24.3 Å². The molecule has 1 aromatic carbocycles. The summed E-state index contributed by atoms with van der Waals surface area (Å²) < 4.78 is 0.